The molecular weight excluding hydrogens is 495 g/mol. The highest BCUT2D eigenvalue weighted by molar-refractivity contribution is 8.13. The summed E-state index contributed by atoms with van der Waals surface area (Å²) in [6.07, 6.45) is -0.865. The molecule has 0 aliphatic carbocycles. The molecule has 0 aromatic heterocycles. The zero-order valence-corrected chi connectivity index (χ0v) is 22.2. The second-order valence-corrected chi connectivity index (χ2v) is 12.4. The molecule has 1 aliphatic rings. The Hall–Kier alpha value is -2.36. The first kappa shape index (κ1) is 27.2. The van der Waals surface area contributed by atoms with Crippen molar-refractivity contribution in [1.82, 2.24) is 9.80 Å². The van der Waals surface area contributed by atoms with Gasteiger partial charge in [-0.2, -0.15) is 0 Å². The lowest BCUT2D eigenvalue weighted by Gasteiger charge is -2.41. The van der Waals surface area contributed by atoms with Crippen LogP contribution in [0, 0.1) is 12.7 Å². The van der Waals surface area contributed by atoms with Crippen molar-refractivity contribution in [2.24, 2.45) is 0 Å². The largest absolute Gasteiger partial charge is 0.484 e. The summed E-state index contributed by atoms with van der Waals surface area (Å²) in [5.74, 6) is 0.100. The van der Waals surface area contributed by atoms with Gasteiger partial charge in [0.05, 0.1) is 4.90 Å². The van der Waals surface area contributed by atoms with Gasteiger partial charge in [-0.05, 0) is 76.1 Å². The minimum absolute atomic E-state index is 0.0310. The van der Waals surface area contributed by atoms with E-state index in [2.05, 4.69) is 4.90 Å². The second-order valence-electron chi connectivity index (χ2n) is 9.81. The van der Waals surface area contributed by atoms with E-state index >= 15 is 0 Å². The number of carbonyl (C=O) groups excluding carboxylic acids is 1. The smallest absolute Gasteiger partial charge is 0.410 e. The molecule has 1 unspecified atom stereocenters. The van der Waals surface area contributed by atoms with Gasteiger partial charge in [0.25, 0.3) is 9.05 Å². The van der Waals surface area contributed by atoms with E-state index in [1.807, 2.05) is 33.8 Å². The summed E-state index contributed by atoms with van der Waals surface area (Å²) in [4.78, 5) is 16.4. The number of piperazine rings is 1. The Morgan fingerprint density at radius 2 is 1.83 bits per heavy atom. The lowest BCUT2D eigenvalue weighted by molar-refractivity contribution is -0.00299. The van der Waals surface area contributed by atoms with E-state index in [0.29, 0.717) is 43.1 Å². The Kier molecular flexibility index (Phi) is 8.34. The van der Waals surface area contributed by atoms with Crippen LogP contribution in [0.1, 0.15) is 44.9 Å². The van der Waals surface area contributed by atoms with Gasteiger partial charge in [-0.3, -0.25) is 4.90 Å². The number of amides is 1. The van der Waals surface area contributed by atoms with Gasteiger partial charge in [0.15, 0.2) is 0 Å². The van der Waals surface area contributed by atoms with Crippen molar-refractivity contribution in [3.05, 3.63) is 59.4 Å². The first-order valence-corrected chi connectivity index (χ1v) is 13.7. The zero-order valence-electron chi connectivity index (χ0n) is 20.6. The summed E-state index contributed by atoms with van der Waals surface area (Å²) in [5, 5.41) is 0. The van der Waals surface area contributed by atoms with Crippen molar-refractivity contribution >= 4 is 25.8 Å². The lowest BCUT2D eigenvalue weighted by Crippen LogP contribution is -2.55. The van der Waals surface area contributed by atoms with E-state index in [9.17, 15) is 17.6 Å². The van der Waals surface area contributed by atoms with E-state index in [-0.39, 0.29) is 22.8 Å². The number of aryl methyl sites for hydroxylation is 1. The molecule has 0 spiro atoms. The molecule has 0 radical (unpaired) electrons. The Morgan fingerprint density at radius 3 is 2.37 bits per heavy atom. The average molecular weight is 527 g/mol. The van der Waals surface area contributed by atoms with Gasteiger partial charge in [-0.25, -0.2) is 17.6 Å². The van der Waals surface area contributed by atoms with Gasteiger partial charge in [0.2, 0.25) is 0 Å². The van der Waals surface area contributed by atoms with Gasteiger partial charge in [-0.1, -0.05) is 12.1 Å². The predicted octanol–water partition coefficient (Wildman–Crippen LogP) is 5.12. The Morgan fingerprint density at radius 1 is 1.17 bits per heavy atom. The van der Waals surface area contributed by atoms with E-state index in [1.54, 1.807) is 17.9 Å². The summed E-state index contributed by atoms with van der Waals surface area (Å²) >= 11 is 0. The van der Waals surface area contributed by atoms with Crippen molar-refractivity contribution < 1.29 is 27.1 Å². The number of hydrogen-bond donors (Lipinski definition) is 0. The second kappa shape index (κ2) is 10.7. The fourth-order valence-electron chi connectivity index (χ4n) is 3.89. The minimum Gasteiger partial charge on any atom is -0.484 e. The number of nitrogens with zero attached hydrogens (tertiary/aromatic N) is 2. The van der Waals surface area contributed by atoms with Gasteiger partial charge in [0, 0.05) is 42.9 Å². The minimum atomic E-state index is -3.85. The van der Waals surface area contributed by atoms with Crippen molar-refractivity contribution in [3.63, 3.8) is 0 Å². The van der Waals surface area contributed by atoms with Crippen molar-refractivity contribution in [2.75, 3.05) is 26.2 Å². The molecule has 7 nitrogen and oxygen atoms in total. The van der Waals surface area contributed by atoms with E-state index in [4.69, 9.17) is 20.2 Å². The van der Waals surface area contributed by atoms with Crippen LogP contribution in [0.3, 0.4) is 0 Å². The molecule has 1 saturated heterocycles. The zero-order chi connectivity index (χ0) is 26.0. The maximum Gasteiger partial charge on any atom is 0.410 e. The Balaban J connectivity index is 1.76. The molecular formula is C25H32ClFN2O5S. The molecule has 0 N–H and O–H groups in total. The molecule has 10 heteroatoms. The van der Waals surface area contributed by atoms with Crippen molar-refractivity contribution in [2.45, 2.75) is 57.3 Å². The van der Waals surface area contributed by atoms with Crippen LogP contribution in [0.4, 0.5) is 9.18 Å². The fourth-order valence-corrected chi connectivity index (χ4v) is 4.66. The molecule has 1 amide bonds. The lowest BCUT2D eigenvalue weighted by atomic mass is 10.0. The summed E-state index contributed by atoms with van der Waals surface area (Å²) in [6, 6.07) is 10.7. The number of hydrogen-bond acceptors (Lipinski definition) is 6. The van der Waals surface area contributed by atoms with Crippen LogP contribution < -0.4 is 4.74 Å². The molecule has 3 rings (SSSR count). The van der Waals surface area contributed by atoms with E-state index in [1.165, 1.54) is 30.3 Å². The SMILES string of the molecule is Cc1ccc(C(CN2CCN(C(=O)OC(C)(C)C)[C@H](C)C2)Oc2ccc(S(=O)(=O)Cl)cc2)cc1F. The summed E-state index contributed by atoms with van der Waals surface area (Å²) in [7, 11) is 1.56. The molecule has 2 atom stereocenters. The maximum atomic E-state index is 14.4. The molecule has 2 aromatic carbocycles. The number of rotatable bonds is 6. The van der Waals surface area contributed by atoms with Crippen LogP contribution in [0.15, 0.2) is 47.4 Å². The van der Waals surface area contributed by atoms with Crippen LogP contribution in [0.5, 0.6) is 5.75 Å². The molecule has 0 bridgehead atoms. The molecule has 1 fully saturated rings. The third-order valence-corrected chi connectivity index (χ3v) is 7.08. The van der Waals surface area contributed by atoms with E-state index < -0.39 is 20.8 Å². The third-order valence-electron chi connectivity index (χ3n) is 5.71. The van der Waals surface area contributed by atoms with Gasteiger partial charge in [-0.15, -0.1) is 0 Å². The van der Waals surface area contributed by atoms with Gasteiger partial charge in [0.1, 0.15) is 23.3 Å². The average Bonchev–Trinajstić information content (AvgIpc) is 2.74. The number of carbonyl (C=O) groups is 1. The van der Waals surface area contributed by atoms with Gasteiger partial charge >= 0.3 is 6.09 Å². The van der Waals surface area contributed by atoms with Crippen LogP contribution >= 0.6 is 10.7 Å². The van der Waals surface area contributed by atoms with Crippen LogP contribution in [-0.2, 0) is 13.8 Å². The Bertz CT molecular complexity index is 1150. The summed E-state index contributed by atoms with van der Waals surface area (Å²) in [5.41, 5.74) is 0.619. The molecule has 0 saturated carbocycles. The molecule has 1 heterocycles. The van der Waals surface area contributed by atoms with Crippen molar-refractivity contribution in [1.29, 1.82) is 0 Å². The number of benzene rings is 2. The van der Waals surface area contributed by atoms with Gasteiger partial charge < -0.3 is 14.4 Å². The quantitative estimate of drug-likeness (QED) is 0.486. The first-order valence-electron chi connectivity index (χ1n) is 11.4. The normalized spacial score (nSPS) is 18.3. The highest BCUT2D eigenvalue weighted by Gasteiger charge is 2.32. The summed E-state index contributed by atoms with van der Waals surface area (Å²) < 4.78 is 49.2. The molecule has 192 valence electrons. The maximum absolute atomic E-state index is 14.4. The highest BCUT2D eigenvalue weighted by atomic mass is 35.7. The molecule has 35 heavy (non-hydrogen) atoms. The standard InChI is InChI=1S/C25H32ClFN2O5S/c1-17-6-7-19(14-22(17)27)23(33-20-8-10-21(11-9-20)35(26,31)32)16-28-12-13-29(18(2)15-28)24(30)34-25(3,4)5/h6-11,14,18,23H,12-13,15-16H2,1-5H3/t18-,23?/m1/s1. The molecule has 1 aliphatic heterocycles. The van der Waals surface area contributed by atoms with Crippen molar-refractivity contribution in [3.8, 4) is 5.75 Å². The monoisotopic (exact) mass is 526 g/mol. The van der Waals surface area contributed by atoms with Crippen LogP contribution in [0.25, 0.3) is 0 Å². The topological polar surface area (TPSA) is 76.2 Å². The number of halogens is 2. The predicted molar refractivity (Wildman–Crippen MR) is 133 cm³/mol. The third kappa shape index (κ3) is 7.56. The number of ether oxygens (including phenoxy) is 2. The summed E-state index contributed by atoms with van der Waals surface area (Å²) in [6.45, 7) is 11.3. The highest BCUT2D eigenvalue weighted by Crippen LogP contribution is 2.27. The fraction of sp³-hybridized carbons (Fsp3) is 0.480. The van der Waals surface area contributed by atoms with Crippen LogP contribution in [-0.4, -0.2) is 62.1 Å². The molecule has 2 aromatic rings. The first-order chi connectivity index (χ1) is 16.2. The van der Waals surface area contributed by atoms with E-state index in [0.717, 1.165) is 0 Å². The van der Waals surface area contributed by atoms with Crippen LogP contribution in [0.2, 0.25) is 0 Å². The Labute approximate surface area is 211 Å².